The number of carbonyl (C=O) groups is 2. The Labute approximate surface area is 114 Å². The Morgan fingerprint density at radius 1 is 1.37 bits per heavy atom. The number of amides is 1. The van der Waals surface area contributed by atoms with Gasteiger partial charge in [0.2, 0.25) is 5.91 Å². The van der Waals surface area contributed by atoms with E-state index in [1.54, 1.807) is 0 Å². The van der Waals surface area contributed by atoms with Gasteiger partial charge in [0.15, 0.2) is 0 Å². The van der Waals surface area contributed by atoms with Crippen LogP contribution in [0.25, 0.3) is 0 Å². The van der Waals surface area contributed by atoms with Crippen LogP contribution in [-0.4, -0.2) is 37.6 Å². The predicted molar refractivity (Wildman–Crippen MR) is 71.5 cm³/mol. The highest BCUT2D eigenvalue weighted by molar-refractivity contribution is 5.83. The normalized spacial score (nSPS) is 24.3. The molecule has 1 aliphatic carbocycles. The first-order valence-electron chi connectivity index (χ1n) is 7.21. The molecule has 1 aliphatic heterocycles. The second-order valence-corrected chi connectivity index (χ2v) is 5.95. The van der Waals surface area contributed by atoms with Crippen LogP contribution in [0.4, 0.5) is 0 Å². The van der Waals surface area contributed by atoms with Crippen LogP contribution in [0.2, 0.25) is 0 Å². The Bertz CT molecular complexity index is 349. The van der Waals surface area contributed by atoms with Crippen molar-refractivity contribution in [2.45, 2.75) is 45.6 Å². The maximum absolute atomic E-state index is 12.0. The summed E-state index contributed by atoms with van der Waals surface area (Å²) in [4.78, 5) is 23.3. The molecule has 2 N–H and O–H groups in total. The van der Waals surface area contributed by atoms with E-state index in [1.807, 2.05) is 13.8 Å². The fourth-order valence-electron chi connectivity index (χ4n) is 2.93. The van der Waals surface area contributed by atoms with Gasteiger partial charge in [0, 0.05) is 12.5 Å². The van der Waals surface area contributed by atoms with Crippen molar-refractivity contribution in [2.75, 3.05) is 19.6 Å². The summed E-state index contributed by atoms with van der Waals surface area (Å²) >= 11 is 0. The van der Waals surface area contributed by atoms with Crippen molar-refractivity contribution in [1.82, 2.24) is 10.6 Å². The van der Waals surface area contributed by atoms with Gasteiger partial charge >= 0.3 is 5.97 Å². The fraction of sp³-hybridized carbons (Fsp3) is 0.857. The van der Waals surface area contributed by atoms with Gasteiger partial charge in [0.05, 0.1) is 12.5 Å². The Kier molecular flexibility index (Phi) is 4.45. The molecule has 5 nitrogen and oxygen atoms in total. The highest BCUT2D eigenvalue weighted by atomic mass is 16.5. The molecule has 5 heteroatoms. The zero-order valence-corrected chi connectivity index (χ0v) is 11.8. The van der Waals surface area contributed by atoms with E-state index in [-0.39, 0.29) is 35.7 Å². The quantitative estimate of drug-likeness (QED) is 0.725. The summed E-state index contributed by atoms with van der Waals surface area (Å²) in [6.45, 7) is 6.06. The molecule has 0 aromatic heterocycles. The number of carbonyl (C=O) groups excluding carboxylic acids is 2. The molecule has 19 heavy (non-hydrogen) atoms. The Hall–Kier alpha value is -1.10. The smallest absolute Gasteiger partial charge is 0.307 e. The number of esters is 1. The van der Waals surface area contributed by atoms with Crippen molar-refractivity contribution in [3.05, 3.63) is 0 Å². The number of ether oxygens (including phenoxy) is 1. The lowest BCUT2D eigenvalue weighted by molar-refractivity contribution is -0.147. The van der Waals surface area contributed by atoms with E-state index in [4.69, 9.17) is 4.74 Å². The first-order chi connectivity index (χ1) is 9.03. The van der Waals surface area contributed by atoms with Crippen molar-refractivity contribution < 1.29 is 14.3 Å². The molecule has 0 aromatic rings. The van der Waals surface area contributed by atoms with E-state index in [0.29, 0.717) is 6.54 Å². The summed E-state index contributed by atoms with van der Waals surface area (Å²) in [6, 6.07) is 0. The predicted octanol–water partition coefficient (Wildman–Crippen LogP) is 0.834. The van der Waals surface area contributed by atoms with Crippen molar-refractivity contribution >= 4 is 11.9 Å². The number of nitrogens with one attached hydrogen (secondary N) is 2. The van der Waals surface area contributed by atoms with Crippen LogP contribution in [0.15, 0.2) is 0 Å². The average molecular weight is 268 g/mol. The van der Waals surface area contributed by atoms with Gasteiger partial charge in [-0.15, -0.1) is 0 Å². The van der Waals surface area contributed by atoms with Gasteiger partial charge in [-0.3, -0.25) is 9.59 Å². The van der Waals surface area contributed by atoms with Crippen LogP contribution in [0.5, 0.6) is 0 Å². The molecule has 2 aliphatic rings. The molecule has 0 radical (unpaired) electrons. The summed E-state index contributed by atoms with van der Waals surface area (Å²) in [5.41, 5.74) is 0.258. The second kappa shape index (κ2) is 5.90. The summed E-state index contributed by atoms with van der Waals surface area (Å²) in [5, 5.41) is 6.18. The van der Waals surface area contributed by atoms with Crippen LogP contribution in [0.3, 0.4) is 0 Å². The molecule has 108 valence electrons. The van der Waals surface area contributed by atoms with E-state index in [0.717, 1.165) is 32.4 Å². The molecule has 0 aromatic carbocycles. The van der Waals surface area contributed by atoms with E-state index in [2.05, 4.69) is 10.6 Å². The van der Waals surface area contributed by atoms with E-state index in [9.17, 15) is 9.59 Å². The maximum Gasteiger partial charge on any atom is 0.307 e. The lowest BCUT2D eigenvalue weighted by atomic mass is 9.92. The molecule has 2 fully saturated rings. The van der Waals surface area contributed by atoms with Gasteiger partial charge in [0.25, 0.3) is 0 Å². The number of piperidine rings is 1. The largest absolute Gasteiger partial charge is 0.463 e. The molecule has 1 spiro atoms. The minimum Gasteiger partial charge on any atom is -0.463 e. The minimum atomic E-state index is -0.248. The van der Waals surface area contributed by atoms with Crippen LogP contribution in [0.1, 0.15) is 39.5 Å². The van der Waals surface area contributed by atoms with Crippen LogP contribution >= 0.6 is 0 Å². The third kappa shape index (κ3) is 3.69. The molecule has 2 rings (SSSR count). The zero-order chi connectivity index (χ0) is 13.9. The Balaban J connectivity index is 1.65. The standard InChI is InChI=1S/C14H24N2O3/c1-10(2)19-12(17)3-6-16-13(18)11-9-14(11)4-7-15-8-5-14/h10-11,15H,3-9H2,1-2H3,(H,16,18). The summed E-state index contributed by atoms with van der Waals surface area (Å²) in [5.74, 6) is 0.0256. The third-order valence-corrected chi connectivity index (χ3v) is 4.10. The van der Waals surface area contributed by atoms with Crippen molar-refractivity contribution in [1.29, 1.82) is 0 Å². The first-order valence-corrected chi connectivity index (χ1v) is 7.21. The molecule has 1 saturated carbocycles. The summed E-state index contributed by atoms with van der Waals surface area (Å²) in [6.07, 6.45) is 3.37. The lowest BCUT2D eigenvalue weighted by Crippen LogP contribution is -2.34. The molecular weight excluding hydrogens is 244 g/mol. The SMILES string of the molecule is CC(C)OC(=O)CCNC(=O)C1CC12CCNCC2. The topological polar surface area (TPSA) is 67.4 Å². The molecule has 1 unspecified atom stereocenters. The van der Waals surface area contributed by atoms with Crippen molar-refractivity contribution in [2.24, 2.45) is 11.3 Å². The fourth-order valence-corrected chi connectivity index (χ4v) is 2.93. The first kappa shape index (κ1) is 14.3. The monoisotopic (exact) mass is 268 g/mol. The Morgan fingerprint density at radius 2 is 2.05 bits per heavy atom. The summed E-state index contributed by atoms with van der Waals surface area (Å²) < 4.78 is 5.02. The highest BCUT2D eigenvalue weighted by Gasteiger charge is 2.57. The number of rotatable bonds is 5. The van der Waals surface area contributed by atoms with Gasteiger partial charge in [-0.2, -0.15) is 0 Å². The van der Waals surface area contributed by atoms with Crippen molar-refractivity contribution in [3.8, 4) is 0 Å². The van der Waals surface area contributed by atoms with Crippen molar-refractivity contribution in [3.63, 3.8) is 0 Å². The van der Waals surface area contributed by atoms with Crippen LogP contribution < -0.4 is 10.6 Å². The van der Waals surface area contributed by atoms with E-state index >= 15 is 0 Å². The number of hydrogen-bond acceptors (Lipinski definition) is 4. The number of hydrogen-bond donors (Lipinski definition) is 2. The highest BCUT2D eigenvalue weighted by Crippen LogP contribution is 2.58. The van der Waals surface area contributed by atoms with Crippen LogP contribution in [-0.2, 0) is 14.3 Å². The molecular formula is C14H24N2O3. The van der Waals surface area contributed by atoms with Gasteiger partial charge in [-0.05, 0) is 51.6 Å². The lowest BCUT2D eigenvalue weighted by Gasteiger charge is -2.23. The van der Waals surface area contributed by atoms with E-state index in [1.165, 1.54) is 0 Å². The molecule has 1 atom stereocenters. The summed E-state index contributed by atoms with van der Waals surface area (Å²) in [7, 11) is 0. The zero-order valence-electron chi connectivity index (χ0n) is 11.8. The van der Waals surface area contributed by atoms with Crippen LogP contribution in [0, 0.1) is 11.3 Å². The van der Waals surface area contributed by atoms with E-state index < -0.39 is 0 Å². The molecule has 1 heterocycles. The Morgan fingerprint density at radius 3 is 2.68 bits per heavy atom. The van der Waals surface area contributed by atoms with Gasteiger partial charge in [-0.25, -0.2) is 0 Å². The molecule has 1 amide bonds. The molecule has 0 bridgehead atoms. The second-order valence-electron chi connectivity index (χ2n) is 5.95. The maximum atomic E-state index is 12.0. The van der Waals surface area contributed by atoms with Gasteiger partial charge in [0.1, 0.15) is 0 Å². The van der Waals surface area contributed by atoms with Gasteiger partial charge in [-0.1, -0.05) is 0 Å². The average Bonchev–Trinajstić information content (AvgIpc) is 3.03. The third-order valence-electron chi connectivity index (χ3n) is 4.10. The van der Waals surface area contributed by atoms with Gasteiger partial charge < -0.3 is 15.4 Å². The minimum absolute atomic E-state index is 0.0929. The molecule has 1 saturated heterocycles.